The van der Waals surface area contributed by atoms with E-state index in [1.807, 2.05) is 6.92 Å². The SMILES string of the molecule is CC(CN)n1nccn1.Cl. The second-order valence-electron chi connectivity index (χ2n) is 1.93. The van der Waals surface area contributed by atoms with E-state index in [0.717, 1.165) is 0 Å². The zero-order valence-electron chi connectivity index (χ0n) is 5.77. The molecule has 0 aliphatic rings. The molecule has 1 rings (SSSR count). The van der Waals surface area contributed by atoms with Crippen molar-refractivity contribution >= 4 is 12.4 Å². The minimum Gasteiger partial charge on any atom is -0.328 e. The molecule has 0 saturated heterocycles. The van der Waals surface area contributed by atoms with Crippen molar-refractivity contribution < 1.29 is 0 Å². The normalized spacial score (nSPS) is 12.2. The number of hydrogen-bond acceptors (Lipinski definition) is 3. The maximum absolute atomic E-state index is 5.36. The fourth-order valence-corrected chi connectivity index (χ4v) is 0.548. The van der Waals surface area contributed by atoms with Crippen molar-refractivity contribution in [3.63, 3.8) is 0 Å². The second kappa shape index (κ2) is 4.24. The van der Waals surface area contributed by atoms with Crippen LogP contribution in [0, 0.1) is 0 Å². The van der Waals surface area contributed by atoms with Crippen LogP contribution in [0.4, 0.5) is 0 Å². The first kappa shape index (κ1) is 9.39. The minimum absolute atomic E-state index is 0. The van der Waals surface area contributed by atoms with E-state index in [4.69, 9.17) is 5.73 Å². The third-order valence-electron chi connectivity index (χ3n) is 1.17. The molecule has 1 aromatic heterocycles. The molecule has 0 aliphatic heterocycles. The zero-order chi connectivity index (χ0) is 6.69. The van der Waals surface area contributed by atoms with Crippen molar-refractivity contribution in [2.45, 2.75) is 13.0 Å². The van der Waals surface area contributed by atoms with E-state index in [0.29, 0.717) is 6.54 Å². The van der Waals surface area contributed by atoms with E-state index in [1.165, 1.54) is 0 Å². The maximum atomic E-state index is 5.36. The molecule has 0 aromatic carbocycles. The molecule has 1 heterocycles. The second-order valence-corrected chi connectivity index (χ2v) is 1.93. The number of aromatic nitrogens is 3. The highest BCUT2D eigenvalue weighted by Gasteiger charge is 1.99. The van der Waals surface area contributed by atoms with Crippen LogP contribution >= 0.6 is 12.4 Å². The quantitative estimate of drug-likeness (QED) is 0.677. The van der Waals surface area contributed by atoms with Gasteiger partial charge >= 0.3 is 0 Å². The van der Waals surface area contributed by atoms with Crippen molar-refractivity contribution in [2.24, 2.45) is 5.73 Å². The van der Waals surface area contributed by atoms with Gasteiger partial charge in [-0.2, -0.15) is 15.0 Å². The topological polar surface area (TPSA) is 56.7 Å². The largest absolute Gasteiger partial charge is 0.328 e. The standard InChI is InChI=1S/C5H10N4.ClH/c1-5(4-6)9-7-2-3-8-9;/h2-3,5H,4,6H2,1H3;1H. The van der Waals surface area contributed by atoms with E-state index in [1.54, 1.807) is 17.2 Å². The summed E-state index contributed by atoms with van der Waals surface area (Å²) in [6, 6.07) is 0.208. The molecular weight excluding hydrogens is 152 g/mol. The van der Waals surface area contributed by atoms with Crippen LogP contribution in [0.1, 0.15) is 13.0 Å². The number of rotatable bonds is 2. The highest BCUT2D eigenvalue weighted by atomic mass is 35.5. The van der Waals surface area contributed by atoms with Crippen LogP contribution in [0.5, 0.6) is 0 Å². The molecule has 4 nitrogen and oxygen atoms in total. The van der Waals surface area contributed by atoms with Gasteiger partial charge in [-0.1, -0.05) is 0 Å². The van der Waals surface area contributed by atoms with Gasteiger partial charge < -0.3 is 5.73 Å². The van der Waals surface area contributed by atoms with Gasteiger partial charge in [0.25, 0.3) is 0 Å². The summed E-state index contributed by atoms with van der Waals surface area (Å²) in [6.07, 6.45) is 3.29. The van der Waals surface area contributed by atoms with Gasteiger partial charge in [-0.15, -0.1) is 12.4 Å². The van der Waals surface area contributed by atoms with Crippen LogP contribution in [-0.2, 0) is 0 Å². The van der Waals surface area contributed by atoms with Gasteiger partial charge in [0.15, 0.2) is 0 Å². The fourth-order valence-electron chi connectivity index (χ4n) is 0.548. The van der Waals surface area contributed by atoms with E-state index >= 15 is 0 Å². The Balaban J connectivity index is 0.000000810. The van der Waals surface area contributed by atoms with Crippen LogP contribution < -0.4 is 5.73 Å². The Labute approximate surface area is 65.8 Å². The molecule has 0 saturated carbocycles. The fraction of sp³-hybridized carbons (Fsp3) is 0.600. The number of nitrogens with zero attached hydrogens (tertiary/aromatic N) is 3. The molecule has 1 unspecified atom stereocenters. The molecule has 0 radical (unpaired) electrons. The van der Waals surface area contributed by atoms with Crippen LogP contribution in [0.3, 0.4) is 0 Å². The summed E-state index contributed by atoms with van der Waals surface area (Å²) in [6.45, 7) is 2.55. The van der Waals surface area contributed by atoms with Crippen molar-refractivity contribution in [1.82, 2.24) is 15.0 Å². The Morgan fingerprint density at radius 3 is 2.40 bits per heavy atom. The molecule has 2 N–H and O–H groups in total. The van der Waals surface area contributed by atoms with Gasteiger partial charge in [-0.05, 0) is 6.92 Å². The van der Waals surface area contributed by atoms with Gasteiger partial charge in [-0.3, -0.25) is 0 Å². The first-order valence-electron chi connectivity index (χ1n) is 2.90. The zero-order valence-corrected chi connectivity index (χ0v) is 6.58. The highest BCUT2D eigenvalue weighted by Crippen LogP contribution is 1.94. The van der Waals surface area contributed by atoms with E-state index in [9.17, 15) is 0 Å². The Hall–Kier alpha value is -0.610. The third kappa shape index (κ3) is 1.97. The van der Waals surface area contributed by atoms with Crippen molar-refractivity contribution in [2.75, 3.05) is 6.54 Å². The van der Waals surface area contributed by atoms with Gasteiger partial charge in [0, 0.05) is 6.54 Å². The van der Waals surface area contributed by atoms with Gasteiger partial charge in [0.1, 0.15) is 0 Å². The number of halogens is 1. The molecule has 5 heteroatoms. The molecule has 0 fully saturated rings. The maximum Gasteiger partial charge on any atom is 0.0810 e. The Bertz CT molecular complexity index is 162. The van der Waals surface area contributed by atoms with E-state index < -0.39 is 0 Å². The van der Waals surface area contributed by atoms with Crippen molar-refractivity contribution in [3.05, 3.63) is 12.4 Å². The van der Waals surface area contributed by atoms with Crippen molar-refractivity contribution in [1.29, 1.82) is 0 Å². The summed E-state index contributed by atoms with van der Waals surface area (Å²) in [7, 11) is 0. The van der Waals surface area contributed by atoms with Crippen LogP contribution in [0.2, 0.25) is 0 Å². The summed E-state index contributed by atoms with van der Waals surface area (Å²) in [4.78, 5) is 1.60. The average Bonchev–Trinajstić information content (AvgIpc) is 2.37. The van der Waals surface area contributed by atoms with Gasteiger partial charge in [-0.25, -0.2) is 0 Å². The lowest BCUT2D eigenvalue weighted by Crippen LogP contribution is -2.18. The minimum atomic E-state index is 0. The lowest BCUT2D eigenvalue weighted by atomic mass is 10.4. The number of hydrogen-bond donors (Lipinski definition) is 1. The predicted octanol–water partition coefficient (Wildman–Crippen LogP) is 0.220. The Kier molecular flexibility index (Phi) is 3.99. The number of nitrogens with two attached hydrogens (primary N) is 1. The summed E-state index contributed by atoms with van der Waals surface area (Å²) in [5.41, 5.74) is 5.36. The molecule has 1 atom stereocenters. The van der Waals surface area contributed by atoms with E-state index in [2.05, 4.69) is 10.2 Å². The van der Waals surface area contributed by atoms with Gasteiger partial charge in [0.2, 0.25) is 0 Å². The molecule has 58 valence electrons. The Morgan fingerprint density at radius 1 is 1.50 bits per heavy atom. The molecule has 0 bridgehead atoms. The first-order chi connectivity index (χ1) is 4.34. The molecule has 1 aromatic rings. The molecule has 0 amide bonds. The average molecular weight is 163 g/mol. The first-order valence-corrected chi connectivity index (χ1v) is 2.90. The highest BCUT2D eigenvalue weighted by molar-refractivity contribution is 5.85. The summed E-state index contributed by atoms with van der Waals surface area (Å²) in [5.74, 6) is 0. The lowest BCUT2D eigenvalue weighted by Gasteiger charge is -2.04. The summed E-state index contributed by atoms with van der Waals surface area (Å²) >= 11 is 0. The lowest BCUT2D eigenvalue weighted by molar-refractivity contribution is 0.442. The van der Waals surface area contributed by atoms with E-state index in [-0.39, 0.29) is 18.4 Å². The molecular formula is C5H11ClN4. The predicted molar refractivity (Wildman–Crippen MR) is 41.0 cm³/mol. The monoisotopic (exact) mass is 162 g/mol. The Morgan fingerprint density at radius 2 is 2.00 bits per heavy atom. The van der Waals surface area contributed by atoms with Gasteiger partial charge in [0.05, 0.1) is 18.4 Å². The van der Waals surface area contributed by atoms with Crippen LogP contribution in [0.15, 0.2) is 12.4 Å². The molecule has 10 heavy (non-hydrogen) atoms. The smallest absolute Gasteiger partial charge is 0.0810 e. The molecule has 0 spiro atoms. The molecule has 0 aliphatic carbocycles. The third-order valence-corrected chi connectivity index (χ3v) is 1.17. The summed E-state index contributed by atoms with van der Waals surface area (Å²) in [5, 5.41) is 7.83. The van der Waals surface area contributed by atoms with Crippen LogP contribution in [0.25, 0.3) is 0 Å². The van der Waals surface area contributed by atoms with Crippen molar-refractivity contribution in [3.8, 4) is 0 Å². The van der Waals surface area contributed by atoms with Crippen LogP contribution in [-0.4, -0.2) is 21.5 Å². The summed E-state index contributed by atoms with van der Waals surface area (Å²) < 4.78 is 0.